The number of rotatable bonds is 8. The van der Waals surface area contributed by atoms with Crippen LogP contribution >= 0.6 is 0 Å². The number of carbonyl (C=O) groups excluding carboxylic acids is 1. The average Bonchev–Trinajstić information content (AvgIpc) is 3.50. The minimum Gasteiger partial charge on any atom is -0.454 e. The molecule has 0 aromatic carbocycles. The number of hydrogen-bond acceptors (Lipinski definition) is 15. The van der Waals surface area contributed by atoms with Gasteiger partial charge in [0.1, 0.15) is 36.6 Å². The molecule has 58 heavy (non-hydrogen) atoms. The van der Waals surface area contributed by atoms with Gasteiger partial charge in [-0.25, -0.2) is 0 Å². The third-order valence-corrected chi connectivity index (χ3v) is 17.9. The lowest BCUT2D eigenvalue weighted by molar-refractivity contribution is -0.339. The average molecular weight is 827 g/mol. The van der Waals surface area contributed by atoms with Crippen molar-refractivity contribution in [3.8, 4) is 0 Å². The van der Waals surface area contributed by atoms with Crippen LogP contribution in [-0.2, 0) is 33.2 Å². The fourth-order valence-electron chi connectivity index (χ4n) is 15.2. The molecule has 3 heterocycles. The number of esters is 1. The Morgan fingerprint density at radius 2 is 1.50 bits per heavy atom. The smallest absolute Gasteiger partial charge is 0.303 e. The summed E-state index contributed by atoms with van der Waals surface area (Å²) in [6, 6.07) is 0. The number of fused-ring (bicyclic) bond motifs is 2. The van der Waals surface area contributed by atoms with Crippen molar-refractivity contribution in [3.63, 3.8) is 0 Å². The maximum atomic E-state index is 12.2. The largest absolute Gasteiger partial charge is 0.454 e. The monoisotopic (exact) mass is 826 g/mol. The Morgan fingerprint density at radius 3 is 2.14 bits per heavy atom. The van der Waals surface area contributed by atoms with Gasteiger partial charge in [-0.15, -0.1) is 0 Å². The normalized spacial score (nSPS) is 56.1. The summed E-state index contributed by atoms with van der Waals surface area (Å²) < 4.78 is 37.8. The predicted octanol–water partition coefficient (Wildman–Crippen LogP) is 1.29. The molecule has 5 aliphatic carbocycles. The molecule has 15 heteroatoms. The van der Waals surface area contributed by atoms with Gasteiger partial charge in [0.2, 0.25) is 0 Å². The highest BCUT2D eigenvalue weighted by atomic mass is 16.7. The second-order valence-electron chi connectivity index (χ2n) is 21.6. The van der Waals surface area contributed by atoms with E-state index in [0.29, 0.717) is 25.7 Å². The topological polar surface area (TPSA) is 234 Å². The maximum absolute atomic E-state index is 12.2. The minimum atomic E-state index is -1.62. The summed E-state index contributed by atoms with van der Waals surface area (Å²) in [5, 5.41) is 87.3. The van der Waals surface area contributed by atoms with E-state index in [2.05, 4.69) is 34.6 Å². The van der Waals surface area contributed by atoms with Crippen LogP contribution in [0.1, 0.15) is 113 Å². The zero-order chi connectivity index (χ0) is 42.3. The lowest BCUT2D eigenvalue weighted by atomic mass is 9.41. The van der Waals surface area contributed by atoms with E-state index in [9.17, 15) is 45.6 Å². The van der Waals surface area contributed by atoms with Gasteiger partial charge in [-0.2, -0.15) is 0 Å². The number of carbonyl (C=O) groups is 1. The first-order valence-corrected chi connectivity index (χ1v) is 21.8. The van der Waals surface area contributed by atoms with Gasteiger partial charge in [-0.05, 0) is 117 Å². The molecule has 0 aromatic heterocycles. The van der Waals surface area contributed by atoms with E-state index >= 15 is 0 Å². The molecule has 15 nitrogen and oxygen atoms in total. The molecular weight excluding hydrogens is 756 g/mol. The van der Waals surface area contributed by atoms with Crippen molar-refractivity contribution < 1.29 is 74.1 Å². The second-order valence-corrected chi connectivity index (χ2v) is 21.6. The Morgan fingerprint density at radius 1 is 0.793 bits per heavy atom. The van der Waals surface area contributed by atoms with Crippen molar-refractivity contribution in [2.75, 3.05) is 13.2 Å². The molecule has 21 atom stereocenters. The van der Waals surface area contributed by atoms with E-state index in [1.165, 1.54) is 6.92 Å². The molecule has 8 N–H and O–H groups in total. The summed E-state index contributed by atoms with van der Waals surface area (Å²) >= 11 is 0. The molecule has 0 amide bonds. The van der Waals surface area contributed by atoms with Crippen molar-refractivity contribution in [2.45, 2.75) is 204 Å². The molecular formula is C43H70O15. The molecule has 8 aliphatic rings. The van der Waals surface area contributed by atoms with E-state index in [-0.39, 0.29) is 52.1 Å². The molecule has 0 bridgehead atoms. The van der Waals surface area contributed by atoms with Crippen LogP contribution in [0, 0.1) is 44.8 Å². The first-order valence-electron chi connectivity index (χ1n) is 21.8. The van der Waals surface area contributed by atoms with Crippen LogP contribution in [0.4, 0.5) is 0 Å². The van der Waals surface area contributed by atoms with E-state index in [1.54, 1.807) is 13.8 Å². The van der Waals surface area contributed by atoms with Crippen molar-refractivity contribution in [3.05, 3.63) is 0 Å². The number of aliphatic hydroxyl groups excluding tert-OH is 7. The highest BCUT2D eigenvalue weighted by molar-refractivity contribution is 5.66. The van der Waals surface area contributed by atoms with Crippen molar-refractivity contribution in [1.29, 1.82) is 0 Å². The van der Waals surface area contributed by atoms with Gasteiger partial charge in [0, 0.05) is 12.8 Å². The van der Waals surface area contributed by atoms with E-state index in [1.807, 2.05) is 0 Å². The number of hydrogen-bond donors (Lipinski definition) is 8. The maximum Gasteiger partial charge on any atom is 0.303 e. The van der Waals surface area contributed by atoms with Crippen LogP contribution in [0.3, 0.4) is 0 Å². The SMILES string of the molecule is CC(=O)O[C@H]1[C@H](OC2CCC34CC35CCC3(C)C(C6(C)CCC(C(C)(C)O)O6)C(O)C[C@@]3(C)C5CC(O[C@@H]3O[C@H](CO)[C@@H](O)[C@H](O)[C@H]3O)C4C2(C)C)OC[C@@H](O)[C@@H]1O. The summed E-state index contributed by atoms with van der Waals surface area (Å²) in [5.74, 6) is -0.931. The quantitative estimate of drug-likeness (QED) is 0.127. The second kappa shape index (κ2) is 14.2. The van der Waals surface area contributed by atoms with Crippen molar-refractivity contribution >= 4 is 5.97 Å². The van der Waals surface area contributed by atoms with E-state index in [4.69, 9.17) is 28.4 Å². The lowest BCUT2D eigenvalue weighted by Gasteiger charge is -2.65. The van der Waals surface area contributed by atoms with Gasteiger partial charge < -0.3 is 69.3 Å². The van der Waals surface area contributed by atoms with Gasteiger partial charge in [-0.1, -0.05) is 27.7 Å². The Bertz CT molecular complexity index is 1570. The summed E-state index contributed by atoms with van der Waals surface area (Å²) in [6.07, 6.45) is -7.66. The zero-order valence-electron chi connectivity index (χ0n) is 35.5. The first-order chi connectivity index (χ1) is 26.9. The van der Waals surface area contributed by atoms with E-state index < -0.39 is 103 Å². The third kappa shape index (κ3) is 6.17. The van der Waals surface area contributed by atoms with Gasteiger partial charge in [0.05, 0.1) is 48.8 Å². The highest BCUT2D eigenvalue weighted by Gasteiger charge is 2.85. The van der Waals surface area contributed by atoms with Gasteiger partial charge in [-0.3, -0.25) is 4.79 Å². The fraction of sp³-hybridized carbons (Fsp3) is 0.977. The molecule has 3 saturated heterocycles. The van der Waals surface area contributed by atoms with Gasteiger partial charge >= 0.3 is 5.97 Å². The third-order valence-electron chi connectivity index (χ3n) is 17.9. The molecule has 0 radical (unpaired) electrons. The summed E-state index contributed by atoms with van der Waals surface area (Å²) in [7, 11) is 0. The van der Waals surface area contributed by atoms with E-state index in [0.717, 1.165) is 32.1 Å². The fourth-order valence-corrected chi connectivity index (χ4v) is 15.2. The molecule has 3 aliphatic heterocycles. The number of ether oxygens (including phenoxy) is 6. The summed E-state index contributed by atoms with van der Waals surface area (Å²) in [6.45, 7) is 15.0. The van der Waals surface area contributed by atoms with Crippen LogP contribution < -0.4 is 0 Å². The Kier molecular flexibility index (Phi) is 10.7. The lowest BCUT2D eigenvalue weighted by Crippen LogP contribution is -2.65. The molecule has 8 rings (SSSR count). The predicted molar refractivity (Wildman–Crippen MR) is 203 cm³/mol. The molecule has 0 aromatic rings. The van der Waals surface area contributed by atoms with Gasteiger partial charge in [0.25, 0.3) is 0 Å². The van der Waals surface area contributed by atoms with Crippen LogP contribution in [0.5, 0.6) is 0 Å². The van der Waals surface area contributed by atoms with Crippen LogP contribution in [0.25, 0.3) is 0 Å². The molecule has 8 fully saturated rings. The first kappa shape index (κ1) is 43.6. The zero-order valence-corrected chi connectivity index (χ0v) is 35.5. The Balaban J connectivity index is 1.15. The minimum absolute atomic E-state index is 0.0829. The highest BCUT2D eigenvalue weighted by Crippen LogP contribution is 2.89. The van der Waals surface area contributed by atoms with Crippen molar-refractivity contribution in [1.82, 2.24) is 0 Å². The Labute approximate surface area is 341 Å². The van der Waals surface area contributed by atoms with Crippen LogP contribution in [0.15, 0.2) is 0 Å². The van der Waals surface area contributed by atoms with Crippen molar-refractivity contribution in [2.24, 2.45) is 44.8 Å². The van der Waals surface area contributed by atoms with Crippen LogP contribution in [0.2, 0.25) is 0 Å². The number of aliphatic hydroxyl groups is 8. The summed E-state index contributed by atoms with van der Waals surface area (Å²) in [4.78, 5) is 12.1. The van der Waals surface area contributed by atoms with Crippen LogP contribution in [-0.4, -0.2) is 151 Å². The summed E-state index contributed by atoms with van der Waals surface area (Å²) in [5.41, 5.74) is -3.32. The Hall–Kier alpha value is -1.05. The molecule has 2 spiro atoms. The van der Waals surface area contributed by atoms with Gasteiger partial charge in [0.15, 0.2) is 18.7 Å². The molecule has 5 saturated carbocycles. The molecule has 11 unspecified atom stereocenters. The standard InChI is InChI=1S/C43H70O15/c1-20(45)54-32-28(48)22(47)18-53-36(32)57-26-10-12-43-19-42(43)14-13-39(6)33(41(8)11-9-27(58-41)38(4,5)52)21(46)16-40(39,7)25(42)15-23(34(43)37(26,2)3)55-35-31(51)30(50)29(49)24(17-44)56-35/h21-36,44,46-52H,9-19H2,1-8H3/t21?,22-,23?,24-,25?,26?,27?,28+,29-,30+,31-,32-,33?,34?,35-,36+,39?,40+,41?,42?,43?/m1/s1. The molecule has 332 valence electrons.